The Labute approximate surface area is 138 Å². The van der Waals surface area contributed by atoms with Crippen LogP contribution in [0.5, 0.6) is 11.9 Å². The van der Waals surface area contributed by atoms with Crippen molar-refractivity contribution in [2.45, 2.75) is 13.3 Å². The Bertz CT molecular complexity index is 700. The normalized spacial score (nSPS) is 10.4. The van der Waals surface area contributed by atoms with Gasteiger partial charge in [0.1, 0.15) is 5.69 Å². The molecule has 0 fully saturated rings. The smallest absolute Gasteiger partial charge is 0.320 e. The van der Waals surface area contributed by atoms with Crippen molar-refractivity contribution in [2.24, 2.45) is 0 Å². The van der Waals surface area contributed by atoms with Crippen LogP contribution >= 0.6 is 23.2 Å². The fourth-order valence-electron chi connectivity index (χ4n) is 2.03. The van der Waals surface area contributed by atoms with E-state index in [2.05, 4.69) is 9.97 Å². The summed E-state index contributed by atoms with van der Waals surface area (Å²) >= 11 is 11.9. The molecule has 0 aliphatic carbocycles. The zero-order valence-electron chi connectivity index (χ0n) is 12.3. The van der Waals surface area contributed by atoms with Gasteiger partial charge in [-0.3, -0.25) is 4.79 Å². The van der Waals surface area contributed by atoms with Gasteiger partial charge < -0.3 is 9.47 Å². The van der Waals surface area contributed by atoms with Crippen LogP contribution < -0.4 is 9.47 Å². The predicted molar refractivity (Wildman–Crippen MR) is 84.4 cm³/mol. The van der Waals surface area contributed by atoms with Gasteiger partial charge >= 0.3 is 6.01 Å². The minimum atomic E-state index is -0.319. The number of aromatic nitrogens is 2. The fraction of sp³-hybridized carbons (Fsp3) is 0.267. The van der Waals surface area contributed by atoms with Crippen LogP contribution in [0, 0.1) is 0 Å². The third-order valence-electron chi connectivity index (χ3n) is 3.02. The van der Waals surface area contributed by atoms with Crippen LogP contribution in [-0.4, -0.2) is 30.0 Å². The molecule has 0 spiro atoms. The van der Waals surface area contributed by atoms with Crippen molar-refractivity contribution in [1.29, 1.82) is 0 Å². The summed E-state index contributed by atoms with van der Waals surface area (Å²) in [5.41, 5.74) is 1.16. The van der Waals surface area contributed by atoms with E-state index in [0.29, 0.717) is 33.5 Å². The first-order valence-electron chi connectivity index (χ1n) is 6.49. The zero-order valence-corrected chi connectivity index (χ0v) is 13.8. The molecule has 0 radical (unpaired) electrons. The second-order valence-electron chi connectivity index (χ2n) is 4.39. The monoisotopic (exact) mass is 340 g/mol. The van der Waals surface area contributed by atoms with Crippen molar-refractivity contribution in [1.82, 2.24) is 9.97 Å². The minimum Gasteiger partial charge on any atom is -0.481 e. The lowest BCUT2D eigenvalue weighted by molar-refractivity contribution is 0.103. The van der Waals surface area contributed by atoms with Crippen LogP contribution in [0.4, 0.5) is 0 Å². The molecule has 0 N–H and O–H groups in total. The van der Waals surface area contributed by atoms with Gasteiger partial charge in [-0.2, -0.15) is 9.97 Å². The first-order valence-corrected chi connectivity index (χ1v) is 7.25. The summed E-state index contributed by atoms with van der Waals surface area (Å²) in [7, 11) is 2.90. The van der Waals surface area contributed by atoms with Crippen LogP contribution in [0.1, 0.15) is 28.5 Å². The molecule has 2 aromatic rings. The van der Waals surface area contributed by atoms with Crippen molar-refractivity contribution in [3.8, 4) is 11.9 Å². The van der Waals surface area contributed by atoms with Gasteiger partial charge in [-0.1, -0.05) is 30.1 Å². The molecule has 116 valence electrons. The van der Waals surface area contributed by atoms with Crippen LogP contribution in [-0.2, 0) is 6.42 Å². The molecule has 22 heavy (non-hydrogen) atoms. The first kappa shape index (κ1) is 16.5. The Morgan fingerprint density at radius 1 is 1.09 bits per heavy atom. The van der Waals surface area contributed by atoms with E-state index >= 15 is 0 Å². The van der Waals surface area contributed by atoms with Crippen LogP contribution in [0.15, 0.2) is 18.2 Å². The second-order valence-corrected chi connectivity index (χ2v) is 5.26. The number of halogens is 2. The highest BCUT2D eigenvalue weighted by atomic mass is 35.5. The molecule has 1 heterocycles. The largest absolute Gasteiger partial charge is 0.481 e. The van der Waals surface area contributed by atoms with E-state index in [1.807, 2.05) is 6.92 Å². The number of hydrogen-bond donors (Lipinski definition) is 0. The second kappa shape index (κ2) is 6.94. The van der Waals surface area contributed by atoms with Gasteiger partial charge in [0.15, 0.2) is 0 Å². The van der Waals surface area contributed by atoms with E-state index in [9.17, 15) is 4.79 Å². The zero-order chi connectivity index (χ0) is 16.3. The third kappa shape index (κ3) is 3.31. The highest BCUT2D eigenvalue weighted by Gasteiger charge is 2.22. The number of carbonyl (C=O) groups is 1. The van der Waals surface area contributed by atoms with Crippen molar-refractivity contribution < 1.29 is 14.3 Å². The summed E-state index contributed by atoms with van der Waals surface area (Å²) < 4.78 is 10.2. The maximum atomic E-state index is 12.7. The van der Waals surface area contributed by atoms with Gasteiger partial charge in [0, 0.05) is 21.2 Å². The molecule has 0 unspecified atom stereocenters. The minimum absolute atomic E-state index is 0.0607. The van der Waals surface area contributed by atoms with Gasteiger partial charge in [0.05, 0.1) is 14.2 Å². The van der Waals surface area contributed by atoms with Crippen LogP contribution in [0.3, 0.4) is 0 Å². The summed E-state index contributed by atoms with van der Waals surface area (Å²) in [4.78, 5) is 21.0. The number of ether oxygens (including phenoxy) is 2. The molecule has 0 aliphatic heterocycles. The van der Waals surface area contributed by atoms with Gasteiger partial charge in [-0.15, -0.1) is 0 Å². The molecule has 0 atom stereocenters. The molecule has 0 bridgehead atoms. The van der Waals surface area contributed by atoms with Crippen molar-refractivity contribution >= 4 is 29.0 Å². The number of hydrogen-bond acceptors (Lipinski definition) is 5. The molecule has 0 saturated heterocycles. The molecule has 0 aliphatic rings. The molecular formula is C15H14Cl2N2O3. The van der Waals surface area contributed by atoms with Gasteiger partial charge in [0.2, 0.25) is 11.7 Å². The van der Waals surface area contributed by atoms with Crippen molar-refractivity contribution in [2.75, 3.05) is 14.2 Å². The molecule has 0 amide bonds. The Morgan fingerprint density at radius 3 is 2.23 bits per heavy atom. The van der Waals surface area contributed by atoms with E-state index in [1.54, 1.807) is 6.07 Å². The van der Waals surface area contributed by atoms with Crippen LogP contribution in [0.2, 0.25) is 10.0 Å². The fourth-order valence-corrected chi connectivity index (χ4v) is 2.56. The number of rotatable bonds is 5. The van der Waals surface area contributed by atoms with E-state index in [0.717, 1.165) is 0 Å². The summed E-state index contributed by atoms with van der Waals surface area (Å²) in [6.07, 6.45) is 0.530. The van der Waals surface area contributed by atoms with E-state index in [4.69, 9.17) is 32.7 Å². The Morgan fingerprint density at radius 2 is 1.73 bits per heavy atom. The lowest BCUT2D eigenvalue weighted by atomic mass is 10.0. The Balaban J connectivity index is 2.61. The number of benzene rings is 1. The highest BCUT2D eigenvalue weighted by Crippen LogP contribution is 2.26. The number of carbonyl (C=O) groups excluding carboxylic acids is 1. The molecule has 5 nitrogen and oxygen atoms in total. The first-order chi connectivity index (χ1) is 10.5. The van der Waals surface area contributed by atoms with E-state index < -0.39 is 0 Å². The molecule has 1 aromatic heterocycles. The van der Waals surface area contributed by atoms with Crippen molar-refractivity contribution in [3.05, 3.63) is 45.1 Å². The molecule has 1 aromatic carbocycles. The average Bonchev–Trinajstić information content (AvgIpc) is 2.51. The molecule has 2 rings (SSSR count). The lowest BCUT2D eigenvalue weighted by Crippen LogP contribution is -2.12. The van der Waals surface area contributed by atoms with Gasteiger partial charge in [-0.05, 0) is 24.6 Å². The quantitative estimate of drug-likeness (QED) is 0.778. The lowest BCUT2D eigenvalue weighted by Gasteiger charge is -2.12. The Kier molecular flexibility index (Phi) is 5.21. The maximum absolute atomic E-state index is 12.7. The topological polar surface area (TPSA) is 61.3 Å². The maximum Gasteiger partial charge on any atom is 0.320 e. The van der Waals surface area contributed by atoms with Gasteiger partial charge in [0.25, 0.3) is 0 Å². The van der Waals surface area contributed by atoms with Crippen LogP contribution in [0.25, 0.3) is 0 Å². The summed E-state index contributed by atoms with van der Waals surface area (Å²) in [6, 6.07) is 4.69. The standard InChI is InChI=1S/C15H14Cl2N2O3/c1-4-11-12(18-15(22-3)19-14(11)21-2)13(20)8-5-9(16)7-10(17)6-8/h5-7H,4H2,1-3H3. The molecular weight excluding hydrogens is 327 g/mol. The SMILES string of the molecule is CCc1c(OC)nc(OC)nc1C(=O)c1cc(Cl)cc(Cl)c1. The number of methoxy groups -OCH3 is 2. The van der Waals surface area contributed by atoms with Gasteiger partial charge in [-0.25, -0.2) is 0 Å². The summed E-state index contributed by atoms with van der Waals surface area (Å²) in [5.74, 6) is -0.00826. The predicted octanol–water partition coefficient (Wildman–Crippen LogP) is 3.59. The summed E-state index contributed by atoms with van der Waals surface area (Å²) in [6.45, 7) is 1.88. The average molecular weight is 341 g/mol. The third-order valence-corrected chi connectivity index (χ3v) is 3.45. The van der Waals surface area contributed by atoms with E-state index in [1.165, 1.54) is 26.4 Å². The Hall–Kier alpha value is -1.85. The molecule has 0 saturated carbocycles. The molecule has 7 heteroatoms. The highest BCUT2D eigenvalue weighted by molar-refractivity contribution is 6.35. The number of nitrogens with zero attached hydrogens (tertiary/aromatic N) is 2. The van der Waals surface area contributed by atoms with Crippen molar-refractivity contribution in [3.63, 3.8) is 0 Å². The number of ketones is 1. The summed E-state index contributed by atoms with van der Waals surface area (Å²) in [5, 5.41) is 0.753. The van der Waals surface area contributed by atoms with E-state index in [-0.39, 0.29) is 17.5 Å².